The number of aromatic nitrogens is 1. The van der Waals surface area contributed by atoms with Gasteiger partial charge in [0.15, 0.2) is 0 Å². The van der Waals surface area contributed by atoms with Crippen molar-refractivity contribution in [3.63, 3.8) is 0 Å². The number of nitrogens with zero attached hydrogens (tertiary/aromatic N) is 1. The fraction of sp³-hybridized carbons (Fsp3) is 0.571. The number of alkyl halides is 3. The Labute approximate surface area is 145 Å². The van der Waals surface area contributed by atoms with Crippen LogP contribution in [0.3, 0.4) is 0 Å². The van der Waals surface area contributed by atoms with E-state index in [0.29, 0.717) is 18.7 Å². The van der Waals surface area contributed by atoms with Gasteiger partial charge in [0.2, 0.25) is 0 Å². The highest BCUT2D eigenvalue weighted by Crippen LogP contribution is 2.28. The van der Waals surface area contributed by atoms with E-state index in [0.717, 1.165) is 44.5 Å². The van der Waals surface area contributed by atoms with E-state index in [4.69, 9.17) is 0 Å². The minimum absolute atomic E-state index is 0. The molecule has 9 heteroatoms. The van der Waals surface area contributed by atoms with Crippen molar-refractivity contribution in [3.05, 3.63) is 29.6 Å². The number of carbonyl (C=O) groups is 1. The average Bonchev–Trinajstić information content (AvgIpc) is 2.47. The highest BCUT2D eigenvalue weighted by atomic mass is 35.5. The molecule has 0 aliphatic carbocycles. The smallest absolute Gasteiger partial charge is 0.351 e. The Morgan fingerprint density at radius 3 is 2.61 bits per heavy atom. The first-order valence-corrected chi connectivity index (χ1v) is 6.99. The lowest BCUT2D eigenvalue weighted by atomic mass is 9.96. The zero-order valence-electron chi connectivity index (χ0n) is 12.4. The largest absolute Gasteiger partial charge is 0.417 e. The topological polar surface area (TPSA) is 54.0 Å². The van der Waals surface area contributed by atoms with Crippen LogP contribution in [0.25, 0.3) is 0 Å². The van der Waals surface area contributed by atoms with Crippen molar-refractivity contribution in [2.75, 3.05) is 19.6 Å². The van der Waals surface area contributed by atoms with Gasteiger partial charge in [-0.3, -0.25) is 9.78 Å². The van der Waals surface area contributed by atoms with Gasteiger partial charge in [-0.2, -0.15) is 13.2 Å². The lowest BCUT2D eigenvalue weighted by Gasteiger charge is -2.22. The zero-order chi connectivity index (χ0) is 15.3. The minimum atomic E-state index is -4.43. The Morgan fingerprint density at radius 2 is 2.09 bits per heavy atom. The van der Waals surface area contributed by atoms with Crippen LogP contribution in [0.4, 0.5) is 13.2 Å². The van der Waals surface area contributed by atoms with E-state index in [1.807, 2.05) is 0 Å². The summed E-state index contributed by atoms with van der Waals surface area (Å²) in [6.07, 6.45) is -0.615. The summed E-state index contributed by atoms with van der Waals surface area (Å²) in [4.78, 5) is 15.3. The average molecular weight is 374 g/mol. The first-order chi connectivity index (χ1) is 9.97. The maximum absolute atomic E-state index is 12.4. The summed E-state index contributed by atoms with van der Waals surface area (Å²) < 4.78 is 37.1. The van der Waals surface area contributed by atoms with Crippen molar-refractivity contribution in [2.45, 2.75) is 25.4 Å². The monoisotopic (exact) mass is 373 g/mol. The van der Waals surface area contributed by atoms with Crippen LogP contribution in [0, 0.1) is 5.92 Å². The lowest BCUT2D eigenvalue weighted by molar-refractivity contribution is -0.137. The summed E-state index contributed by atoms with van der Waals surface area (Å²) in [5, 5.41) is 5.99. The predicted molar refractivity (Wildman–Crippen MR) is 86.3 cm³/mol. The van der Waals surface area contributed by atoms with Crippen molar-refractivity contribution < 1.29 is 18.0 Å². The Balaban J connectivity index is 0.00000242. The molecule has 1 aromatic heterocycles. The van der Waals surface area contributed by atoms with E-state index in [1.165, 1.54) is 0 Å². The number of nitrogens with one attached hydrogen (secondary N) is 2. The van der Waals surface area contributed by atoms with Gasteiger partial charge in [0, 0.05) is 12.7 Å². The molecule has 2 heterocycles. The van der Waals surface area contributed by atoms with Crippen molar-refractivity contribution in [3.8, 4) is 0 Å². The number of halogens is 5. The Bertz CT molecular complexity index is 477. The maximum Gasteiger partial charge on any atom is 0.417 e. The summed E-state index contributed by atoms with van der Waals surface area (Å²) in [5.74, 6) is 0.104. The highest BCUT2D eigenvalue weighted by molar-refractivity contribution is 5.92. The van der Waals surface area contributed by atoms with Gasteiger partial charge in [-0.05, 0) is 50.4 Å². The van der Waals surface area contributed by atoms with Gasteiger partial charge >= 0.3 is 6.18 Å². The third-order valence-corrected chi connectivity index (χ3v) is 3.56. The fourth-order valence-electron chi connectivity index (χ4n) is 2.35. The second kappa shape index (κ2) is 9.95. The SMILES string of the molecule is Cl.Cl.O=C(NCCC1CCCNC1)c1ccc(C(F)(F)F)cn1. The first kappa shape index (κ1) is 21.9. The molecule has 0 bridgehead atoms. The summed E-state index contributed by atoms with van der Waals surface area (Å²) in [6, 6.07) is 1.97. The number of piperidine rings is 1. The molecule has 2 rings (SSSR count). The number of amides is 1. The summed E-state index contributed by atoms with van der Waals surface area (Å²) >= 11 is 0. The van der Waals surface area contributed by atoms with E-state index >= 15 is 0 Å². The zero-order valence-corrected chi connectivity index (χ0v) is 14.0. The van der Waals surface area contributed by atoms with Gasteiger partial charge in [0.1, 0.15) is 5.69 Å². The lowest BCUT2D eigenvalue weighted by Crippen LogP contribution is -2.33. The van der Waals surface area contributed by atoms with E-state index in [9.17, 15) is 18.0 Å². The maximum atomic E-state index is 12.4. The van der Waals surface area contributed by atoms with Gasteiger partial charge in [-0.25, -0.2) is 0 Å². The summed E-state index contributed by atoms with van der Waals surface area (Å²) in [5.41, 5.74) is -0.850. The molecule has 1 aliphatic heterocycles. The number of rotatable bonds is 4. The van der Waals surface area contributed by atoms with Gasteiger partial charge in [0.25, 0.3) is 5.91 Å². The molecule has 1 aromatic rings. The van der Waals surface area contributed by atoms with Gasteiger partial charge in [-0.1, -0.05) is 0 Å². The molecule has 0 spiro atoms. The van der Waals surface area contributed by atoms with Crippen LogP contribution in [0.5, 0.6) is 0 Å². The molecule has 2 N–H and O–H groups in total. The molecule has 1 saturated heterocycles. The summed E-state index contributed by atoms with van der Waals surface area (Å²) in [6.45, 7) is 2.50. The fourth-order valence-corrected chi connectivity index (χ4v) is 2.35. The second-order valence-corrected chi connectivity index (χ2v) is 5.19. The van der Waals surface area contributed by atoms with E-state index in [2.05, 4.69) is 15.6 Å². The third kappa shape index (κ3) is 6.93. The van der Waals surface area contributed by atoms with Gasteiger partial charge < -0.3 is 10.6 Å². The van der Waals surface area contributed by atoms with Crippen LogP contribution in [-0.2, 0) is 6.18 Å². The molecule has 1 unspecified atom stereocenters. The van der Waals surface area contributed by atoms with Crippen molar-refractivity contribution in [1.82, 2.24) is 15.6 Å². The quantitative estimate of drug-likeness (QED) is 0.852. The highest BCUT2D eigenvalue weighted by Gasteiger charge is 2.30. The molecule has 1 atom stereocenters. The van der Waals surface area contributed by atoms with E-state index in [1.54, 1.807) is 0 Å². The number of hydrogen-bond donors (Lipinski definition) is 2. The molecule has 0 radical (unpaired) electrons. The van der Waals surface area contributed by atoms with Gasteiger partial charge in [-0.15, -0.1) is 24.8 Å². The van der Waals surface area contributed by atoms with Crippen LogP contribution in [-0.4, -0.2) is 30.5 Å². The third-order valence-electron chi connectivity index (χ3n) is 3.56. The molecular weight excluding hydrogens is 354 g/mol. The summed E-state index contributed by atoms with van der Waals surface area (Å²) in [7, 11) is 0. The Morgan fingerprint density at radius 1 is 1.35 bits per heavy atom. The van der Waals surface area contributed by atoms with Crippen LogP contribution in [0.1, 0.15) is 35.3 Å². The minimum Gasteiger partial charge on any atom is -0.351 e. The number of pyridine rings is 1. The van der Waals surface area contributed by atoms with Crippen LogP contribution >= 0.6 is 24.8 Å². The molecule has 4 nitrogen and oxygen atoms in total. The van der Waals surface area contributed by atoms with E-state index < -0.39 is 17.6 Å². The molecule has 23 heavy (non-hydrogen) atoms. The molecule has 1 fully saturated rings. The number of hydrogen-bond acceptors (Lipinski definition) is 3. The predicted octanol–water partition coefficient (Wildman–Crippen LogP) is 3.06. The molecule has 0 aromatic carbocycles. The molecule has 1 aliphatic rings. The van der Waals surface area contributed by atoms with Gasteiger partial charge in [0.05, 0.1) is 5.56 Å². The standard InChI is InChI=1S/C14H18F3N3O.2ClH/c15-14(16,17)11-3-4-12(20-9-11)13(21)19-7-5-10-2-1-6-18-8-10;;/h3-4,9-10,18H,1-2,5-8H2,(H,19,21);2*1H. The van der Waals surface area contributed by atoms with Crippen LogP contribution in [0.15, 0.2) is 18.3 Å². The molecular formula is C14H20Cl2F3N3O. The molecule has 132 valence electrons. The van der Waals surface area contributed by atoms with Crippen LogP contribution in [0.2, 0.25) is 0 Å². The molecule has 1 amide bonds. The van der Waals surface area contributed by atoms with Crippen molar-refractivity contribution >= 4 is 30.7 Å². The molecule has 0 saturated carbocycles. The van der Waals surface area contributed by atoms with Crippen LogP contribution < -0.4 is 10.6 Å². The number of carbonyl (C=O) groups excluding carboxylic acids is 1. The Hall–Kier alpha value is -1.05. The first-order valence-electron chi connectivity index (χ1n) is 6.99. The second-order valence-electron chi connectivity index (χ2n) is 5.19. The van der Waals surface area contributed by atoms with Crippen molar-refractivity contribution in [1.29, 1.82) is 0 Å². The van der Waals surface area contributed by atoms with E-state index in [-0.39, 0.29) is 30.5 Å². The van der Waals surface area contributed by atoms with Crippen molar-refractivity contribution in [2.24, 2.45) is 5.92 Å². The normalized spacial score (nSPS) is 17.6. The Kier molecular flexibility index (Phi) is 9.49.